The van der Waals surface area contributed by atoms with E-state index in [2.05, 4.69) is 93.5 Å². The monoisotopic (exact) mass is 894 g/mol. The highest BCUT2D eigenvalue weighted by atomic mass is 16.5. The van der Waals surface area contributed by atoms with Crippen molar-refractivity contribution in [2.24, 2.45) is 5.73 Å². The zero-order valence-corrected chi connectivity index (χ0v) is 37.9. The summed E-state index contributed by atoms with van der Waals surface area (Å²) in [7, 11) is 0. The van der Waals surface area contributed by atoms with Crippen molar-refractivity contribution < 1.29 is 33.6 Å². The van der Waals surface area contributed by atoms with Gasteiger partial charge in [0.1, 0.15) is 36.2 Å². The highest BCUT2D eigenvalue weighted by molar-refractivity contribution is 5.80. The fraction of sp³-hybridized carbons (Fsp3) is 0.321. The minimum Gasteiger partial charge on any atom is -0.486 e. The molecule has 4 N–H and O–H groups in total. The van der Waals surface area contributed by atoms with Crippen LogP contribution < -0.4 is 30.0 Å². The number of aromatic nitrogens is 2. The summed E-state index contributed by atoms with van der Waals surface area (Å²) in [5.74, 6) is 3.03. The predicted octanol–water partition coefficient (Wildman–Crippen LogP) is 8.58. The van der Waals surface area contributed by atoms with Gasteiger partial charge in [0.25, 0.3) is 5.91 Å². The van der Waals surface area contributed by atoms with Crippen molar-refractivity contribution in [3.63, 3.8) is 0 Å². The lowest BCUT2D eigenvalue weighted by atomic mass is 10.00. The van der Waals surface area contributed by atoms with E-state index in [0.29, 0.717) is 52.9 Å². The molecule has 4 aromatic carbocycles. The molecule has 0 aliphatic carbocycles. The minimum absolute atomic E-state index is 0.00107. The summed E-state index contributed by atoms with van der Waals surface area (Å²) < 4.78 is 22.0. The number of Topliss-reactive ketones (excluding diaryl/α,β-unsaturated/α-hetero) is 1. The second-order valence-electron chi connectivity index (χ2n) is 16.2. The number of amides is 1. The maximum absolute atomic E-state index is 12.3. The van der Waals surface area contributed by atoms with Gasteiger partial charge in [0.05, 0.1) is 0 Å². The van der Waals surface area contributed by atoms with Crippen LogP contribution in [-0.2, 0) is 9.59 Å². The molecule has 8 rings (SSSR count). The van der Waals surface area contributed by atoms with Crippen molar-refractivity contribution in [2.75, 3.05) is 46.0 Å². The molecule has 2 atom stereocenters. The average Bonchev–Trinajstić information content (AvgIpc) is 3.37. The summed E-state index contributed by atoms with van der Waals surface area (Å²) in [5.41, 5.74) is 8.65. The Kier molecular flexibility index (Phi) is 19.5. The van der Waals surface area contributed by atoms with Gasteiger partial charge in [-0.1, -0.05) is 72.8 Å². The smallest absolute Gasteiger partial charge is 0.258 e. The Labute approximate surface area is 388 Å². The van der Waals surface area contributed by atoms with E-state index < -0.39 is 6.61 Å². The van der Waals surface area contributed by atoms with Crippen molar-refractivity contribution in [1.82, 2.24) is 25.1 Å². The molecule has 2 aromatic heterocycles. The first-order valence-corrected chi connectivity index (χ1v) is 22.6. The van der Waals surface area contributed by atoms with E-state index in [1.807, 2.05) is 30.3 Å². The first-order chi connectivity index (χ1) is 32.2. The Morgan fingerprint density at radius 2 is 1.00 bits per heavy atom. The van der Waals surface area contributed by atoms with Crippen LogP contribution in [-0.4, -0.2) is 94.6 Å². The number of nitrogens with two attached hydrogens (primary N) is 1. The third-order valence-corrected chi connectivity index (χ3v) is 11.4. The van der Waals surface area contributed by atoms with Crippen LogP contribution in [0.2, 0.25) is 0 Å². The summed E-state index contributed by atoms with van der Waals surface area (Å²) in [4.78, 5) is 36.4. The van der Waals surface area contributed by atoms with Gasteiger partial charge in [-0.2, -0.15) is 0 Å². The Hall–Kier alpha value is -6.64. The normalized spacial score (nSPS) is 15.3. The number of rotatable bonds is 16. The van der Waals surface area contributed by atoms with E-state index in [0.717, 1.165) is 51.9 Å². The van der Waals surface area contributed by atoms with Gasteiger partial charge in [0.15, 0.2) is 12.4 Å². The number of carbonyl (C=O) groups is 2. The molecule has 6 aromatic rings. The second kappa shape index (κ2) is 26.4. The third kappa shape index (κ3) is 16.4. The van der Waals surface area contributed by atoms with E-state index in [9.17, 15) is 9.59 Å². The summed E-state index contributed by atoms with van der Waals surface area (Å²) in [6.45, 7) is 8.09. The van der Waals surface area contributed by atoms with Crippen molar-refractivity contribution in [3.8, 4) is 34.8 Å². The van der Waals surface area contributed by atoms with Gasteiger partial charge < -0.3 is 35.1 Å². The number of carbonyl (C=O) groups excluding carboxylic acids is 2. The number of hydrogen-bond donors (Lipinski definition) is 3. The minimum atomic E-state index is -0.513. The lowest BCUT2D eigenvalue weighted by molar-refractivity contribution is -0.124. The van der Waals surface area contributed by atoms with Gasteiger partial charge in [-0.05, 0) is 111 Å². The van der Waals surface area contributed by atoms with Crippen LogP contribution in [0, 0.1) is 0 Å². The van der Waals surface area contributed by atoms with Gasteiger partial charge >= 0.3 is 0 Å². The van der Waals surface area contributed by atoms with Gasteiger partial charge in [-0.3, -0.25) is 19.4 Å². The molecule has 2 fully saturated rings. The second-order valence-corrected chi connectivity index (χ2v) is 16.2. The largest absolute Gasteiger partial charge is 0.486 e. The Bertz CT molecular complexity index is 2280. The number of pyridine rings is 2. The van der Waals surface area contributed by atoms with Gasteiger partial charge in [-0.15, -0.1) is 0 Å². The number of ketones is 1. The quantitative estimate of drug-likeness (QED) is 0.0850. The molecule has 2 aliphatic heterocycles. The van der Waals surface area contributed by atoms with Crippen LogP contribution in [0.25, 0.3) is 0 Å². The van der Waals surface area contributed by atoms with Crippen molar-refractivity contribution in [2.45, 2.75) is 63.7 Å². The van der Waals surface area contributed by atoms with Crippen LogP contribution in [0.15, 0.2) is 158 Å². The molecular formula is C53H62N6O7. The number of nitrogens with zero attached hydrogens (tertiary/aromatic N) is 4. The summed E-state index contributed by atoms with van der Waals surface area (Å²) in [6.07, 6.45) is 7.49. The molecule has 2 saturated heterocycles. The van der Waals surface area contributed by atoms with E-state index in [-0.39, 0.29) is 30.9 Å². The first kappa shape index (κ1) is 48.8. The number of benzene rings is 4. The number of nitrogens with one attached hydrogen (secondary N) is 1. The van der Waals surface area contributed by atoms with E-state index in [1.54, 1.807) is 73.1 Å². The molecule has 13 nitrogen and oxygen atoms in total. The van der Waals surface area contributed by atoms with E-state index in [1.165, 1.54) is 11.1 Å². The molecule has 4 heterocycles. The van der Waals surface area contributed by atoms with Crippen molar-refractivity contribution in [3.05, 3.63) is 169 Å². The Balaban J connectivity index is 0.000000179. The van der Waals surface area contributed by atoms with Gasteiger partial charge in [0, 0.05) is 74.9 Å². The number of likely N-dealkylation sites (tertiary alicyclic amines) is 2. The lowest BCUT2D eigenvalue weighted by Crippen LogP contribution is -2.46. The maximum atomic E-state index is 12.3. The van der Waals surface area contributed by atoms with Crippen molar-refractivity contribution in [1.29, 1.82) is 0 Å². The number of hydrogen-bond acceptors (Lipinski definition) is 12. The van der Waals surface area contributed by atoms with Crippen LogP contribution in [0.3, 0.4) is 0 Å². The van der Waals surface area contributed by atoms with Crippen LogP contribution in [0.5, 0.6) is 34.8 Å². The predicted molar refractivity (Wildman–Crippen MR) is 256 cm³/mol. The van der Waals surface area contributed by atoms with Crippen LogP contribution in [0.4, 0.5) is 0 Å². The number of aliphatic hydroxyl groups is 1. The molecule has 0 spiro atoms. The zero-order valence-electron chi connectivity index (χ0n) is 37.9. The van der Waals surface area contributed by atoms with Gasteiger partial charge in [-0.25, -0.2) is 9.97 Å². The molecule has 1 amide bonds. The number of piperidine rings is 2. The van der Waals surface area contributed by atoms with Crippen molar-refractivity contribution >= 4 is 11.7 Å². The fourth-order valence-electron chi connectivity index (χ4n) is 7.51. The zero-order chi connectivity index (χ0) is 46.4. The number of aliphatic hydroxyl groups excluding tert-OH is 1. The fourth-order valence-corrected chi connectivity index (χ4v) is 7.51. The average molecular weight is 895 g/mol. The highest BCUT2D eigenvalue weighted by Gasteiger charge is 2.25. The summed E-state index contributed by atoms with van der Waals surface area (Å²) >= 11 is 0. The molecule has 2 aliphatic rings. The molecular weight excluding hydrogens is 833 g/mol. The molecule has 66 heavy (non-hydrogen) atoms. The molecule has 2 unspecified atom stereocenters. The molecule has 346 valence electrons. The Morgan fingerprint density at radius 3 is 1.42 bits per heavy atom. The Morgan fingerprint density at radius 1 is 0.591 bits per heavy atom. The first-order valence-electron chi connectivity index (χ1n) is 22.6. The molecule has 13 heteroatoms. The van der Waals surface area contributed by atoms with E-state index in [4.69, 9.17) is 29.8 Å². The van der Waals surface area contributed by atoms with E-state index >= 15 is 0 Å². The lowest BCUT2D eigenvalue weighted by Gasteiger charge is -2.36. The molecule has 0 radical (unpaired) electrons. The maximum Gasteiger partial charge on any atom is 0.258 e. The molecule has 0 saturated carbocycles. The highest BCUT2D eigenvalue weighted by Crippen LogP contribution is 2.26. The third-order valence-electron chi connectivity index (χ3n) is 11.4. The van der Waals surface area contributed by atoms with Gasteiger partial charge in [0.2, 0.25) is 11.8 Å². The topological polar surface area (TPSA) is 162 Å². The van der Waals surface area contributed by atoms with Crippen LogP contribution >= 0.6 is 0 Å². The summed E-state index contributed by atoms with van der Waals surface area (Å²) in [5, 5.41) is 11.7. The molecule has 0 bridgehead atoms. The summed E-state index contributed by atoms with van der Waals surface area (Å²) in [6, 6.07) is 47.7. The number of ether oxygens (including phenoxy) is 4. The SMILES string of the molecule is CC(c1ccccc1)N1CCC(N)CC1.CC(c1ccccc1)N1CCC(NC(=O)COc2ccc(Oc3ccccn3)cc2)CC1.O=C(CO)COc1ccc(Oc2ccccn2)cc1. The standard InChI is InChI=1S/C26H29N3O3.C14H13NO4.C13H20N2/c1-20(21-7-3-2-4-8-21)29-17-14-22(15-18-29)28-25(30)19-31-23-10-12-24(13-11-23)32-26-9-5-6-16-27-26;16-9-11(17)10-18-12-4-6-13(7-5-12)19-14-3-1-2-8-15-14;1-11(12-5-3-2-4-6-12)15-9-7-13(14)8-10-15/h2-13,16,20,22H,14-15,17-19H2,1H3,(H,28,30);1-8,16H,9-10H2;2-6,11,13H,7-10,14H2,1H3. The van der Waals surface area contributed by atoms with Crippen LogP contribution in [0.1, 0.15) is 62.7 Å².